The van der Waals surface area contributed by atoms with E-state index in [2.05, 4.69) is 15.3 Å². The van der Waals surface area contributed by atoms with Gasteiger partial charge in [-0.1, -0.05) is 11.6 Å². The molecular formula is C9H8ClN3S. The van der Waals surface area contributed by atoms with Crippen LogP contribution in [0.3, 0.4) is 0 Å². The van der Waals surface area contributed by atoms with Crippen LogP contribution in [0.15, 0.2) is 30.0 Å². The largest absolute Gasteiger partial charge is 0.377 e. The molecule has 2 heterocycles. The number of rotatable bonds is 3. The van der Waals surface area contributed by atoms with Crippen molar-refractivity contribution in [3.8, 4) is 0 Å². The average molecular weight is 226 g/mol. The van der Waals surface area contributed by atoms with Gasteiger partial charge in [-0.25, -0.2) is 0 Å². The van der Waals surface area contributed by atoms with Gasteiger partial charge in [0.05, 0.1) is 24.1 Å². The Balaban J connectivity index is 1.99. The second kappa shape index (κ2) is 4.39. The zero-order valence-corrected chi connectivity index (χ0v) is 8.85. The molecule has 0 fully saturated rings. The van der Waals surface area contributed by atoms with Crippen LogP contribution in [0.1, 0.15) is 5.69 Å². The molecule has 2 rings (SSSR count). The van der Waals surface area contributed by atoms with Gasteiger partial charge < -0.3 is 5.32 Å². The van der Waals surface area contributed by atoms with E-state index in [1.54, 1.807) is 18.6 Å². The molecule has 1 N–H and O–H groups in total. The van der Waals surface area contributed by atoms with Gasteiger partial charge in [-0.3, -0.25) is 9.97 Å². The van der Waals surface area contributed by atoms with Crippen molar-refractivity contribution in [2.45, 2.75) is 6.54 Å². The smallest absolute Gasteiger partial charge is 0.116 e. The Bertz CT molecular complexity index is 401. The summed E-state index contributed by atoms with van der Waals surface area (Å²) in [5.74, 6) is 0. The Kier molecular flexibility index (Phi) is 2.96. The number of halogens is 1. The van der Waals surface area contributed by atoms with Gasteiger partial charge in [0.2, 0.25) is 0 Å². The van der Waals surface area contributed by atoms with Crippen molar-refractivity contribution in [2.75, 3.05) is 5.32 Å². The van der Waals surface area contributed by atoms with E-state index >= 15 is 0 Å². The molecule has 0 aliphatic rings. The van der Waals surface area contributed by atoms with Crippen LogP contribution >= 0.6 is 22.9 Å². The van der Waals surface area contributed by atoms with Crippen molar-refractivity contribution in [3.05, 3.63) is 40.1 Å². The number of nitrogens with zero attached hydrogens (tertiary/aromatic N) is 2. The summed E-state index contributed by atoms with van der Waals surface area (Å²) < 4.78 is 0.772. The fraction of sp³-hybridized carbons (Fsp3) is 0.111. The first kappa shape index (κ1) is 9.43. The Morgan fingerprint density at radius 3 is 3.00 bits per heavy atom. The fourth-order valence-electron chi connectivity index (χ4n) is 1.03. The van der Waals surface area contributed by atoms with Crippen molar-refractivity contribution < 1.29 is 0 Å². The Morgan fingerprint density at radius 2 is 2.36 bits per heavy atom. The monoisotopic (exact) mass is 225 g/mol. The van der Waals surface area contributed by atoms with Crippen LogP contribution in [0.25, 0.3) is 0 Å². The molecule has 2 aromatic heterocycles. The van der Waals surface area contributed by atoms with Gasteiger partial charge in [-0.05, 0) is 11.4 Å². The van der Waals surface area contributed by atoms with E-state index in [1.165, 1.54) is 11.3 Å². The summed E-state index contributed by atoms with van der Waals surface area (Å²) in [7, 11) is 0. The molecule has 0 bridgehead atoms. The first-order chi connectivity index (χ1) is 6.86. The van der Waals surface area contributed by atoms with Gasteiger partial charge in [-0.15, -0.1) is 11.3 Å². The Hall–Kier alpha value is -1.13. The van der Waals surface area contributed by atoms with Crippen molar-refractivity contribution in [1.82, 2.24) is 9.97 Å². The highest BCUT2D eigenvalue weighted by Gasteiger charge is 2.00. The zero-order chi connectivity index (χ0) is 9.80. The molecule has 0 saturated heterocycles. The molecular weight excluding hydrogens is 218 g/mol. The molecule has 14 heavy (non-hydrogen) atoms. The second-order valence-corrected chi connectivity index (χ2v) is 4.18. The van der Waals surface area contributed by atoms with E-state index in [-0.39, 0.29) is 0 Å². The number of anilines is 1. The maximum absolute atomic E-state index is 5.93. The number of aromatic nitrogens is 2. The molecule has 0 spiro atoms. The van der Waals surface area contributed by atoms with Crippen LogP contribution in [0.5, 0.6) is 0 Å². The molecule has 0 saturated carbocycles. The minimum atomic E-state index is 0.643. The topological polar surface area (TPSA) is 37.8 Å². The molecule has 72 valence electrons. The molecule has 0 aliphatic carbocycles. The quantitative estimate of drug-likeness (QED) is 0.873. The third kappa shape index (κ3) is 2.21. The first-order valence-electron chi connectivity index (χ1n) is 4.08. The summed E-state index contributed by atoms with van der Waals surface area (Å²) >= 11 is 7.43. The normalized spacial score (nSPS) is 10.1. The minimum Gasteiger partial charge on any atom is -0.377 e. The van der Waals surface area contributed by atoms with Gasteiger partial charge in [-0.2, -0.15) is 0 Å². The molecule has 2 aromatic rings. The standard InChI is InChI=1S/C9H8ClN3S/c10-9-8(1-4-14-9)13-6-7-5-11-2-3-12-7/h1-5,13H,6H2. The molecule has 3 nitrogen and oxygen atoms in total. The van der Waals surface area contributed by atoms with Gasteiger partial charge >= 0.3 is 0 Å². The van der Waals surface area contributed by atoms with Gasteiger partial charge in [0, 0.05) is 12.4 Å². The number of nitrogens with one attached hydrogen (secondary N) is 1. The van der Waals surface area contributed by atoms with Gasteiger partial charge in [0.25, 0.3) is 0 Å². The lowest BCUT2D eigenvalue weighted by Gasteiger charge is -2.02. The van der Waals surface area contributed by atoms with Crippen LogP contribution in [-0.2, 0) is 6.54 Å². The molecule has 0 aliphatic heterocycles. The Morgan fingerprint density at radius 1 is 1.43 bits per heavy atom. The molecule has 0 aromatic carbocycles. The third-order valence-corrected chi connectivity index (χ3v) is 2.86. The molecule has 5 heteroatoms. The minimum absolute atomic E-state index is 0.643. The number of hydrogen-bond acceptors (Lipinski definition) is 4. The van der Waals surface area contributed by atoms with E-state index in [0.717, 1.165) is 15.7 Å². The second-order valence-electron chi connectivity index (χ2n) is 2.66. The van der Waals surface area contributed by atoms with Crippen molar-refractivity contribution in [2.24, 2.45) is 0 Å². The van der Waals surface area contributed by atoms with Gasteiger partial charge in [0.15, 0.2) is 0 Å². The van der Waals surface area contributed by atoms with Crippen LogP contribution in [-0.4, -0.2) is 9.97 Å². The molecule has 0 atom stereocenters. The third-order valence-electron chi connectivity index (χ3n) is 1.69. The van der Waals surface area contributed by atoms with Crippen molar-refractivity contribution in [1.29, 1.82) is 0 Å². The number of thiophene rings is 1. The summed E-state index contributed by atoms with van der Waals surface area (Å²) in [6.45, 7) is 0.643. The average Bonchev–Trinajstić information content (AvgIpc) is 2.63. The maximum Gasteiger partial charge on any atom is 0.116 e. The summed E-state index contributed by atoms with van der Waals surface area (Å²) in [5, 5.41) is 5.13. The lowest BCUT2D eigenvalue weighted by Crippen LogP contribution is -2.00. The van der Waals surface area contributed by atoms with Crippen LogP contribution in [0.4, 0.5) is 5.69 Å². The number of hydrogen-bond donors (Lipinski definition) is 1. The van der Waals surface area contributed by atoms with E-state index in [1.807, 2.05) is 11.4 Å². The predicted octanol–water partition coefficient (Wildman–Crippen LogP) is 2.80. The molecule has 0 amide bonds. The lowest BCUT2D eigenvalue weighted by atomic mass is 10.4. The SMILES string of the molecule is Clc1sccc1NCc1cnccn1. The highest BCUT2D eigenvalue weighted by Crippen LogP contribution is 2.27. The van der Waals surface area contributed by atoms with Crippen molar-refractivity contribution >= 4 is 28.6 Å². The van der Waals surface area contributed by atoms with Crippen LogP contribution < -0.4 is 5.32 Å². The van der Waals surface area contributed by atoms with Gasteiger partial charge in [0.1, 0.15) is 4.34 Å². The maximum atomic E-state index is 5.93. The van der Waals surface area contributed by atoms with Crippen LogP contribution in [0.2, 0.25) is 4.34 Å². The first-order valence-corrected chi connectivity index (χ1v) is 5.34. The van der Waals surface area contributed by atoms with E-state index < -0.39 is 0 Å². The predicted molar refractivity (Wildman–Crippen MR) is 58.7 cm³/mol. The summed E-state index contributed by atoms with van der Waals surface area (Å²) in [4.78, 5) is 8.12. The molecule has 0 unspecified atom stereocenters. The summed E-state index contributed by atoms with van der Waals surface area (Å²) in [6.07, 6.45) is 5.06. The fourth-order valence-corrected chi connectivity index (χ4v) is 1.90. The van der Waals surface area contributed by atoms with Crippen LogP contribution in [0, 0.1) is 0 Å². The van der Waals surface area contributed by atoms with E-state index in [4.69, 9.17) is 11.6 Å². The highest BCUT2D eigenvalue weighted by atomic mass is 35.5. The Labute approximate surface area is 90.8 Å². The van der Waals surface area contributed by atoms with Crippen molar-refractivity contribution in [3.63, 3.8) is 0 Å². The zero-order valence-electron chi connectivity index (χ0n) is 7.27. The van der Waals surface area contributed by atoms with E-state index in [9.17, 15) is 0 Å². The lowest BCUT2D eigenvalue weighted by molar-refractivity contribution is 1.01. The van der Waals surface area contributed by atoms with E-state index in [0.29, 0.717) is 6.54 Å². The molecule has 0 radical (unpaired) electrons. The highest BCUT2D eigenvalue weighted by molar-refractivity contribution is 7.15. The summed E-state index contributed by atoms with van der Waals surface area (Å²) in [5.41, 5.74) is 1.84. The summed E-state index contributed by atoms with van der Waals surface area (Å²) in [6, 6.07) is 1.95.